The van der Waals surface area contributed by atoms with E-state index in [4.69, 9.17) is 16.9 Å². The maximum absolute atomic E-state index is 12.8. The summed E-state index contributed by atoms with van der Waals surface area (Å²) < 4.78 is 26.3. The third-order valence-corrected chi connectivity index (χ3v) is 7.91. The Balaban J connectivity index is 1.73. The van der Waals surface area contributed by atoms with Gasteiger partial charge in [-0.1, -0.05) is 27.5 Å². The van der Waals surface area contributed by atoms with E-state index < -0.39 is 20.6 Å². The van der Waals surface area contributed by atoms with Crippen LogP contribution in [0.4, 0.5) is 0 Å². The predicted molar refractivity (Wildman–Crippen MR) is 93.2 cm³/mol. The Morgan fingerprint density at radius 2 is 2.08 bits per heavy atom. The summed E-state index contributed by atoms with van der Waals surface area (Å²) >= 11 is 9.34. The van der Waals surface area contributed by atoms with E-state index in [1.807, 2.05) is 0 Å². The highest BCUT2D eigenvalue weighted by atomic mass is 79.9. The van der Waals surface area contributed by atoms with Gasteiger partial charge in [0.1, 0.15) is 5.54 Å². The molecule has 0 saturated heterocycles. The first-order valence-corrected chi connectivity index (χ1v) is 10.4. The largest absolute Gasteiger partial charge is 0.338 e. The normalized spacial score (nSPS) is 25.0. The van der Waals surface area contributed by atoms with E-state index in [2.05, 4.69) is 27.3 Å². The quantitative estimate of drug-likeness (QED) is 0.793. The van der Waals surface area contributed by atoms with Gasteiger partial charge in [-0.15, -0.1) is 0 Å². The average molecular weight is 432 g/mol. The van der Waals surface area contributed by atoms with Crippen molar-refractivity contribution >= 4 is 43.3 Å². The van der Waals surface area contributed by atoms with Gasteiger partial charge in [-0.2, -0.15) is 5.26 Å². The molecule has 0 unspecified atom stereocenters. The number of amides is 1. The second-order valence-corrected chi connectivity index (χ2v) is 9.95. The van der Waals surface area contributed by atoms with E-state index in [0.717, 1.165) is 0 Å². The molecule has 0 aliphatic heterocycles. The molecule has 1 aromatic carbocycles. The van der Waals surface area contributed by atoms with Gasteiger partial charge >= 0.3 is 0 Å². The van der Waals surface area contributed by atoms with Crippen molar-refractivity contribution in [1.82, 2.24) is 5.32 Å². The summed E-state index contributed by atoms with van der Waals surface area (Å²) in [4.78, 5) is 12.4. The van der Waals surface area contributed by atoms with Crippen LogP contribution in [0.5, 0.6) is 0 Å². The minimum atomic E-state index is -3.58. The van der Waals surface area contributed by atoms with E-state index in [1.54, 1.807) is 12.1 Å². The number of benzene rings is 1. The SMILES string of the molecule is N#CC1(NC(=O)[C@H]2CC[C@H](S(=O)(=O)c3ccc(Br)cc3Cl)C2)CC1. The number of nitrogens with one attached hydrogen (secondary N) is 1. The van der Waals surface area contributed by atoms with Crippen LogP contribution in [-0.4, -0.2) is 25.1 Å². The number of rotatable bonds is 4. The highest BCUT2D eigenvalue weighted by Crippen LogP contribution is 2.39. The molecule has 2 aliphatic carbocycles. The molecular formula is C16H16BrClN2O3S. The lowest BCUT2D eigenvalue weighted by molar-refractivity contribution is -0.125. The first-order chi connectivity index (χ1) is 11.3. The molecule has 1 N–H and O–H groups in total. The summed E-state index contributed by atoms with van der Waals surface area (Å²) in [6.07, 6.45) is 2.52. The standard InChI is InChI=1S/C16H16BrClN2O3S/c17-11-2-4-14(13(18)8-11)24(22,23)12-3-1-10(7-12)15(21)20-16(9-19)5-6-16/h2,4,8,10,12H,1,3,5-7H2,(H,20,21)/t10-,12-/m0/s1. The molecule has 0 bridgehead atoms. The molecule has 2 atom stereocenters. The molecule has 8 heteroatoms. The topological polar surface area (TPSA) is 87.0 Å². The second-order valence-electron chi connectivity index (χ2n) is 6.43. The molecule has 128 valence electrons. The second kappa shape index (κ2) is 6.32. The monoisotopic (exact) mass is 430 g/mol. The molecular weight excluding hydrogens is 416 g/mol. The summed E-state index contributed by atoms with van der Waals surface area (Å²) in [5, 5.41) is 11.4. The van der Waals surface area contributed by atoms with E-state index in [1.165, 1.54) is 6.07 Å². The van der Waals surface area contributed by atoms with E-state index in [9.17, 15) is 13.2 Å². The molecule has 2 fully saturated rings. The lowest BCUT2D eigenvalue weighted by Gasteiger charge is -2.15. The zero-order valence-electron chi connectivity index (χ0n) is 12.8. The molecule has 0 heterocycles. The number of hydrogen-bond donors (Lipinski definition) is 1. The molecule has 1 aromatic rings. The van der Waals surface area contributed by atoms with Gasteiger partial charge in [0.25, 0.3) is 0 Å². The highest BCUT2D eigenvalue weighted by molar-refractivity contribution is 9.10. The number of carbonyl (C=O) groups is 1. The van der Waals surface area contributed by atoms with E-state index >= 15 is 0 Å². The van der Waals surface area contributed by atoms with Gasteiger partial charge in [-0.25, -0.2) is 8.42 Å². The zero-order chi connectivity index (χ0) is 17.5. The van der Waals surface area contributed by atoms with Crippen LogP contribution in [-0.2, 0) is 14.6 Å². The van der Waals surface area contributed by atoms with E-state index in [-0.39, 0.29) is 28.2 Å². The predicted octanol–water partition coefficient (Wildman–Crippen LogP) is 3.22. The Morgan fingerprint density at radius 1 is 1.38 bits per heavy atom. The maximum atomic E-state index is 12.8. The van der Waals surface area contributed by atoms with Crippen molar-refractivity contribution in [1.29, 1.82) is 5.26 Å². The van der Waals surface area contributed by atoms with Crippen LogP contribution < -0.4 is 5.32 Å². The van der Waals surface area contributed by atoms with Gasteiger partial charge in [0.2, 0.25) is 5.91 Å². The third-order valence-electron chi connectivity index (χ3n) is 4.72. The fourth-order valence-corrected chi connectivity index (χ4v) is 5.95. The first-order valence-electron chi connectivity index (χ1n) is 7.70. The van der Waals surface area contributed by atoms with Crippen molar-refractivity contribution in [3.05, 3.63) is 27.7 Å². The Hall–Kier alpha value is -1.10. The molecule has 5 nitrogen and oxygen atoms in total. The average Bonchev–Trinajstić information content (AvgIpc) is 3.10. The van der Waals surface area contributed by atoms with Crippen LogP contribution in [0, 0.1) is 17.2 Å². The van der Waals surface area contributed by atoms with Crippen molar-refractivity contribution in [2.24, 2.45) is 5.92 Å². The molecule has 0 radical (unpaired) electrons. The Labute approximate surface area is 154 Å². The molecule has 2 saturated carbocycles. The van der Waals surface area contributed by atoms with Gasteiger partial charge < -0.3 is 5.32 Å². The fourth-order valence-electron chi connectivity index (χ4n) is 3.07. The van der Waals surface area contributed by atoms with Gasteiger partial charge in [0.05, 0.1) is 21.2 Å². The number of halogens is 2. The summed E-state index contributed by atoms with van der Waals surface area (Å²) in [5.74, 6) is -0.585. The van der Waals surface area contributed by atoms with E-state index in [0.29, 0.717) is 30.2 Å². The molecule has 2 aliphatic rings. The van der Waals surface area contributed by atoms with Crippen molar-refractivity contribution < 1.29 is 13.2 Å². The number of nitrogens with zero attached hydrogens (tertiary/aromatic N) is 1. The fraction of sp³-hybridized carbons (Fsp3) is 0.500. The third kappa shape index (κ3) is 3.32. The zero-order valence-corrected chi connectivity index (χ0v) is 15.9. The number of hydrogen-bond acceptors (Lipinski definition) is 4. The van der Waals surface area contributed by atoms with Crippen LogP contribution in [0.25, 0.3) is 0 Å². The summed E-state index contributed by atoms with van der Waals surface area (Å²) in [5.41, 5.74) is -0.719. The van der Waals surface area contributed by atoms with Crippen molar-refractivity contribution in [2.45, 2.75) is 47.8 Å². The van der Waals surface area contributed by atoms with Crippen LogP contribution in [0.2, 0.25) is 5.02 Å². The summed E-state index contributed by atoms with van der Waals surface area (Å²) in [6.45, 7) is 0. The van der Waals surface area contributed by atoms with Gasteiger partial charge in [0.15, 0.2) is 9.84 Å². The molecule has 0 spiro atoms. The first kappa shape index (κ1) is 17.7. The number of sulfone groups is 1. The smallest absolute Gasteiger partial charge is 0.224 e. The van der Waals surface area contributed by atoms with Gasteiger partial charge in [-0.3, -0.25) is 4.79 Å². The Morgan fingerprint density at radius 3 is 2.67 bits per heavy atom. The minimum Gasteiger partial charge on any atom is -0.338 e. The highest BCUT2D eigenvalue weighted by Gasteiger charge is 2.47. The lowest BCUT2D eigenvalue weighted by Crippen LogP contribution is -2.39. The van der Waals surface area contributed by atoms with Crippen molar-refractivity contribution in [3.63, 3.8) is 0 Å². The van der Waals surface area contributed by atoms with Gasteiger partial charge in [0, 0.05) is 10.4 Å². The minimum absolute atomic E-state index is 0.106. The Kier molecular flexibility index (Phi) is 4.67. The van der Waals surface area contributed by atoms with Crippen LogP contribution >= 0.6 is 27.5 Å². The lowest BCUT2D eigenvalue weighted by atomic mass is 10.1. The summed E-state index contributed by atoms with van der Waals surface area (Å²) in [7, 11) is -3.58. The molecule has 1 amide bonds. The molecule has 3 rings (SSSR count). The molecule has 0 aromatic heterocycles. The van der Waals surface area contributed by atoms with Crippen LogP contribution in [0.3, 0.4) is 0 Å². The van der Waals surface area contributed by atoms with Crippen molar-refractivity contribution in [2.75, 3.05) is 0 Å². The summed E-state index contributed by atoms with van der Waals surface area (Å²) in [6, 6.07) is 6.80. The van der Waals surface area contributed by atoms with Crippen LogP contribution in [0.1, 0.15) is 32.1 Å². The van der Waals surface area contributed by atoms with Gasteiger partial charge in [-0.05, 0) is 50.3 Å². The van der Waals surface area contributed by atoms with Crippen molar-refractivity contribution in [3.8, 4) is 6.07 Å². The Bertz CT molecular complexity index is 830. The number of carbonyl (C=O) groups excluding carboxylic acids is 1. The molecule has 24 heavy (non-hydrogen) atoms. The number of nitriles is 1. The van der Waals surface area contributed by atoms with Crippen LogP contribution in [0.15, 0.2) is 27.6 Å². The maximum Gasteiger partial charge on any atom is 0.224 e.